The lowest BCUT2D eigenvalue weighted by Gasteiger charge is -2.10. The molecule has 0 bridgehead atoms. The summed E-state index contributed by atoms with van der Waals surface area (Å²) in [5.74, 6) is 0.00536. The van der Waals surface area contributed by atoms with E-state index in [0.29, 0.717) is 13.0 Å². The van der Waals surface area contributed by atoms with Crippen LogP contribution in [0.15, 0.2) is 36.5 Å². The third-order valence-corrected chi connectivity index (χ3v) is 2.67. The third-order valence-electron chi connectivity index (χ3n) is 2.67. The molecule has 0 aliphatic carbocycles. The van der Waals surface area contributed by atoms with Gasteiger partial charge in [-0.05, 0) is 17.7 Å². The van der Waals surface area contributed by atoms with Crippen LogP contribution < -0.4 is 10.6 Å². The Morgan fingerprint density at radius 2 is 2.17 bits per heavy atom. The van der Waals surface area contributed by atoms with Crippen LogP contribution in [0.5, 0.6) is 0 Å². The maximum atomic E-state index is 11.4. The van der Waals surface area contributed by atoms with Gasteiger partial charge >= 0.3 is 0 Å². The summed E-state index contributed by atoms with van der Waals surface area (Å²) in [5.41, 5.74) is 2.96. The minimum Gasteiger partial charge on any atom is -0.379 e. The van der Waals surface area contributed by atoms with Crippen molar-refractivity contribution in [2.24, 2.45) is 0 Å². The van der Waals surface area contributed by atoms with Crippen molar-refractivity contribution in [3.63, 3.8) is 0 Å². The van der Waals surface area contributed by atoms with Crippen molar-refractivity contribution in [2.75, 3.05) is 12.4 Å². The second-order valence-electron chi connectivity index (χ2n) is 3.94. The van der Waals surface area contributed by atoms with E-state index in [1.807, 2.05) is 30.3 Å². The molecule has 0 fully saturated rings. The van der Waals surface area contributed by atoms with Crippen molar-refractivity contribution in [2.45, 2.75) is 13.0 Å². The fraction of sp³-hybridized carbons (Fsp3) is 0.231. The summed E-state index contributed by atoms with van der Waals surface area (Å²) in [6.07, 6.45) is 2.09. The fourth-order valence-corrected chi connectivity index (χ4v) is 1.68. The molecule has 0 aliphatic rings. The summed E-state index contributed by atoms with van der Waals surface area (Å²) in [5, 5.41) is 12.7. The number of para-hydroxylation sites is 1. The van der Waals surface area contributed by atoms with Crippen molar-refractivity contribution < 1.29 is 4.79 Å². The normalized spacial score (nSPS) is 10.1. The van der Waals surface area contributed by atoms with Gasteiger partial charge in [0.15, 0.2) is 0 Å². The predicted molar refractivity (Wildman–Crippen MR) is 70.1 cm³/mol. The number of nitrogens with zero attached hydrogens (tertiary/aromatic N) is 1. The molecule has 0 radical (unpaired) electrons. The number of anilines is 1. The van der Waals surface area contributed by atoms with Crippen LogP contribution in [-0.4, -0.2) is 23.2 Å². The van der Waals surface area contributed by atoms with Crippen molar-refractivity contribution >= 4 is 11.6 Å². The van der Waals surface area contributed by atoms with Gasteiger partial charge in [-0.2, -0.15) is 5.10 Å². The molecule has 3 N–H and O–H groups in total. The number of carbonyl (C=O) groups excluding carboxylic acids is 1. The number of rotatable bonds is 5. The molecule has 0 aliphatic heterocycles. The van der Waals surface area contributed by atoms with E-state index in [1.165, 1.54) is 0 Å². The fourth-order valence-electron chi connectivity index (χ4n) is 1.68. The number of hydrogen-bond acceptors (Lipinski definition) is 3. The van der Waals surface area contributed by atoms with E-state index in [4.69, 9.17) is 0 Å². The molecule has 1 amide bonds. The first kappa shape index (κ1) is 12.2. The van der Waals surface area contributed by atoms with Crippen molar-refractivity contribution in [3.8, 4) is 0 Å². The highest BCUT2D eigenvalue weighted by Crippen LogP contribution is 2.16. The molecule has 0 saturated carbocycles. The zero-order valence-corrected chi connectivity index (χ0v) is 10.2. The zero-order chi connectivity index (χ0) is 12.8. The molecule has 18 heavy (non-hydrogen) atoms. The highest BCUT2D eigenvalue weighted by atomic mass is 16.1. The van der Waals surface area contributed by atoms with Crippen LogP contribution in [0, 0.1) is 0 Å². The topological polar surface area (TPSA) is 69.8 Å². The monoisotopic (exact) mass is 244 g/mol. The molecule has 0 spiro atoms. The molecule has 1 aromatic carbocycles. The maximum Gasteiger partial charge on any atom is 0.224 e. The Balaban J connectivity index is 2.05. The molecule has 2 aromatic rings. The van der Waals surface area contributed by atoms with E-state index < -0.39 is 0 Å². The average Bonchev–Trinajstić information content (AvgIpc) is 2.91. The standard InChI is InChI=1S/C13H16N4O/c1-14-13(18)8-10-4-2-3-5-12(10)15-9-11-6-7-16-17-11/h2-7,15H,8-9H2,1H3,(H,14,18)(H,16,17). The summed E-state index contributed by atoms with van der Waals surface area (Å²) in [6, 6.07) is 9.70. The second-order valence-corrected chi connectivity index (χ2v) is 3.94. The van der Waals surface area contributed by atoms with Crippen LogP contribution in [0.3, 0.4) is 0 Å². The average molecular weight is 244 g/mol. The molecule has 1 aromatic heterocycles. The second kappa shape index (κ2) is 5.86. The molecule has 0 atom stereocenters. The summed E-state index contributed by atoms with van der Waals surface area (Å²) >= 11 is 0. The van der Waals surface area contributed by atoms with Gasteiger partial charge in [-0.3, -0.25) is 9.89 Å². The quantitative estimate of drug-likeness (QED) is 0.742. The Hall–Kier alpha value is -2.30. The van der Waals surface area contributed by atoms with Crippen LogP contribution in [0.4, 0.5) is 5.69 Å². The lowest BCUT2D eigenvalue weighted by molar-refractivity contribution is -0.119. The molecular formula is C13H16N4O. The Kier molecular flexibility index (Phi) is 3.96. The first-order valence-electron chi connectivity index (χ1n) is 5.80. The number of aromatic nitrogens is 2. The summed E-state index contributed by atoms with van der Waals surface area (Å²) < 4.78 is 0. The number of likely N-dealkylation sites (N-methyl/N-ethyl adjacent to an activating group) is 1. The highest BCUT2D eigenvalue weighted by Gasteiger charge is 2.06. The van der Waals surface area contributed by atoms with E-state index in [9.17, 15) is 4.79 Å². The summed E-state index contributed by atoms with van der Waals surface area (Å²) in [6.45, 7) is 0.657. The summed E-state index contributed by atoms with van der Waals surface area (Å²) in [4.78, 5) is 11.4. The Morgan fingerprint density at radius 1 is 1.33 bits per heavy atom. The van der Waals surface area contributed by atoms with Crippen molar-refractivity contribution in [1.29, 1.82) is 0 Å². The van der Waals surface area contributed by atoms with Crippen molar-refractivity contribution in [3.05, 3.63) is 47.8 Å². The van der Waals surface area contributed by atoms with Gasteiger partial charge in [-0.25, -0.2) is 0 Å². The van der Waals surface area contributed by atoms with Crippen LogP contribution in [0.25, 0.3) is 0 Å². The molecular weight excluding hydrogens is 228 g/mol. The number of benzene rings is 1. The van der Waals surface area contributed by atoms with Gasteiger partial charge in [0.05, 0.1) is 18.7 Å². The van der Waals surface area contributed by atoms with Gasteiger partial charge in [-0.1, -0.05) is 18.2 Å². The SMILES string of the molecule is CNC(=O)Cc1ccccc1NCc1ccn[nH]1. The van der Waals surface area contributed by atoms with Gasteiger partial charge in [0, 0.05) is 18.9 Å². The van der Waals surface area contributed by atoms with Crippen LogP contribution in [-0.2, 0) is 17.8 Å². The van der Waals surface area contributed by atoms with Crippen LogP contribution in [0.1, 0.15) is 11.3 Å². The van der Waals surface area contributed by atoms with Gasteiger partial charge in [0.25, 0.3) is 0 Å². The summed E-state index contributed by atoms with van der Waals surface area (Å²) in [7, 11) is 1.64. The highest BCUT2D eigenvalue weighted by molar-refractivity contribution is 5.80. The molecule has 5 nitrogen and oxygen atoms in total. The van der Waals surface area contributed by atoms with Crippen molar-refractivity contribution in [1.82, 2.24) is 15.5 Å². The number of hydrogen-bond donors (Lipinski definition) is 3. The van der Waals surface area contributed by atoms with E-state index in [2.05, 4.69) is 20.8 Å². The van der Waals surface area contributed by atoms with Gasteiger partial charge < -0.3 is 10.6 Å². The number of amides is 1. The first-order valence-corrected chi connectivity index (χ1v) is 5.80. The molecule has 2 rings (SSSR count). The lowest BCUT2D eigenvalue weighted by Crippen LogP contribution is -2.20. The molecule has 5 heteroatoms. The number of aromatic amines is 1. The largest absolute Gasteiger partial charge is 0.379 e. The molecule has 1 heterocycles. The Morgan fingerprint density at radius 3 is 2.89 bits per heavy atom. The maximum absolute atomic E-state index is 11.4. The Labute approximate surface area is 106 Å². The van der Waals surface area contributed by atoms with E-state index >= 15 is 0 Å². The van der Waals surface area contributed by atoms with E-state index in [1.54, 1.807) is 13.2 Å². The third kappa shape index (κ3) is 3.10. The predicted octanol–water partition coefficient (Wildman–Crippen LogP) is 1.31. The smallest absolute Gasteiger partial charge is 0.224 e. The first-order chi connectivity index (χ1) is 8.79. The van der Waals surface area contributed by atoms with Gasteiger partial charge in [0.1, 0.15) is 0 Å². The zero-order valence-electron chi connectivity index (χ0n) is 10.2. The van der Waals surface area contributed by atoms with E-state index in [-0.39, 0.29) is 5.91 Å². The minimum atomic E-state index is 0.00536. The Bertz CT molecular complexity index is 507. The molecule has 0 unspecified atom stereocenters. The van der Waals surface area contributed by atoms with Crippen LogP contribution in [0.2, 0.25) is 0 Å². The van der Waals surface area contributed by atoms with E-state index in [0.717, 1.165) is 16.9 Å². The molecule has 0 saturated heterocycles. The number of nitrogens with one attached hydrogen (secondary N) is 3. The number of carbonyl (C=O) groups is 1. The van der Waals surface area contributed by atoms with Gasteiger partial charge in [-0.15, -0.1) is 0 Å². The lowest BCUT2D eigenvalue weighted by atomic mass is 10.1. The molecule has 94 valence electrons. The van der Waals surface area contributed by atoms with Gasteiger partial charge in [0.2, 0.25) is 5.91 Å². The minimum absolute atomic E-state index is 0.00536. The van der Waals surface area contributed by atoms with Crippen LogP contribution >= 0.6 is 0 Å². The number of H-pyrrole nitrogens is 1.